The van der Waals surface area contributed by atoms with Crippen molar-refractivity contribution < 1.29 is 4.79 Å². The lowest BCUT2D eigenvalue weighted by atomic mass is 10.2. The molecule has 0 N–H and O–H groups in total. The Morgan fingerprint density at radius 2 is 2.00 bits per heavy atom. The van der Waals surface area contributed by atoms with E-state index in [-0.39, 0.29) is 5.78 Å². The van der Waals surface area contributed by atoms with Gasteiger partial charge in [-0.2, -0.15) is 0 Å². The molecule has 11 heavy (non-hydrogen) atoms. The maximum absolute atomic E-state index is 10.8. The molecule has 0 aliphatic rings. The highest BCUT2D eigenvalue weighted by Gasteiger charge is 2.01. The molecular weight excluding hydrogens is 138 g/mol. The first kappa shape index (κ1) is 7.92. The molecule has 0 aliphatic carbocycles. The van der Waals surface area contributed by atoms with Gasteiger partial charge in [0.2, 0.25) is 0 Å². The van der Waals surface area contributed by atoms with Gasteiger partial charge in [0.05, 0.1) is 0 Å². The second-order valence-corrected chi connectivity index (χ2v) is 2.65. The smallest absolute Gasteiger partial charge is 0.178 e. The lowest BCUT2D eigenvalue weighted by Crippen LogP contribution is -1.98. The van der Waals surface area contributed by atoms with Crippen LogP contribution in [0.25, 0.3) is 0 Å². The summed E-state index contributed by atoms with van der Waals surface area (Å²) >= 11 is 0. The molecule has 0 atom stereocenters. The summed E-state index contributed by atoms with van der Waals surface area (Å²) in [6.07, 6.45) is 0. The van der Waals surface area contributed by atoms with E-state index in [1.807, 2.05) is 19.9 Å². The van der Waals surface area contributed by atoms with Crippen LogP contribution < -0.4 is 0 Å². The second kappa shape index (κ2) is 2.82. The van der Waals surface area contributed by atoms with Gasteiger partial charge in [-0.25, -0.2) is 4.98 Å². The number of carbonyl (C=O) groups excluding carboxylic acids is 1. The van der Waals surface area contributed by atoms with E-state index in [1.165, 1.54) is 6.92 Å². The highest BCUT2D eigenvalue weighted by molar-refractivity contribution is 5.92. The van der Waals surface area contributed by atoms with E-state index >= 15 is 0 Å². The number of hydrogen-bond acceptors (Lipinski definition) is 2. The number of ketones is 1. The van der Waals surface area contributed by atoms with E-state index < -0.39 is 0 Å². The lowest BCUT2D eigenvalue weighted by Gasteiger charge is -1.99. The summed E-state index contributed by atoms with van der Waals surface area (Å²) in [5, 5.41) is 0. The average Bonchev–Trinajstić information content (AvgIpc) is 1.94. The van der Waals surface area contributed by atoms with Crippen LogP contribution in [0.1, 0.15) is 28.7 Å². The second-order valence-electron chi connectivity index (χ2n) is 2.65. The zero-order valence-electron chi connectivity index (χ0n) is 7.01. The van der Waals surface area contributed by atoms with Crippen molar-refractivity contribution in [1.82, 2.24) is 4.98 Å². The van der Waals surface area contributed by atoms with Crippen LogP contribution in [0.2, 0.25) is 0 Å². The summed E-state index contributed by atoms with van der Waals surface area (Å²) in [7, 11) is 0. The van der Waals surface area contributed by atoms with Crippen LogP contribution in [-0.4, -0.2) is 10.8 Å². The molecule has 1 aromatic rings. The molecule has 0 radical (unpaired) electrons. The van der Waals surface area contributed by atoms with Gasteiger partial charge in [0, 0.05) is 12.6 Å². The molecule has 2 nitrogen and oxygen atoms in total. The average molecular weight is 149 g/mol. The molecule has 0 spiro atoms. The SMILES string of the molecule is CC(=O)c1ccc(C)c(C)n1. The number of Topliss-reactive ketones (excluding diaryl/α,β-unsaturated/α-hetero) is 1. The molecule has 58 valence electrons. The summed E-state index contributed by atoms with van der Waals surface area (Å²) in [5.41, 5.74) is 2.60. The van der Waals surface area contributed by atoms with E-state index in [0.29, 0.717) is 5.69 Å². The van der Waals surface area contributed by atoms with Gasteiger partial charge < -0.3 is 0 Å². The van der Waals surface area contributed by atoms with Gasteiger partial charge in [0.1, 0.15) is 5.69 Å². The maximum atomic E-state index is 10.8. The molecule has 0 aliphatic heterocycles. The number of hydrogen-bond donors (Lipinski definition) is 0. The van der Waals surface area contributed by atoms with Gasteiger partial charge in [-0.15, -0.1) is 0 Å². The zero-order valence-corrected chi connectivity index (χ0v) is 7.01. The molecule has 0 saturated carbocycles. The molecule has 1 rings (SSSR count). The molecule has 0 unspecified atom stereocenters. The predicted molar refractivity (Wildman–Crippen MR) is 43.7 cm³/mol. The third-order valence-corrected chi connectivity index (χ3v) is 1.71. The van der Waals surface area contributed by atoms with Crippen LogP contribution in [-0.2, 0) is 0 Å². The molecule has 0 aromatic carbocycles. The summed E-state index contributed by atoms with van der Waals surface area (Å²) in [5.74, 6) is 0.0214. The quantitative estimate of drug-likeness (QED) is 0.571. The number of pyridine rings is 1. The maximum Gasteiger partial charge on any atom is 0.178 e. The topological polar surface area (TPSA) is 30.0 Å². The Labute approximate surface area is 66.3 Å². The van der Waals surface area contributed by atoms with Crippen molar-refractivity contribution in [2.24, 2.45) is 0 Å². The minimum absolute atomic E-state index is 0.0214. The lowest BCUT2D eigenvalue weighted by molar-refractivity contribution is 0.101. The number of carbonyl (C=O) groups is 1. The van der Waals surface area contributed by atoms with Gasteiger partial charge >= 0.3 is 0 Å². The van der Waals surface area contributed by atoms with Crippen molar-refractivity contribution in [3.8, 4) is 0 Å². The highest BCUT2D eigenvalue weighted by atomic mass is 16.1. The van der Waals surface area contributed by atoms with E-state index in [2.05, 4.69) is 4.98 Å². The monoisotopic (exact) mass is 149 g/mol. The van der Waals surface area contributed by atoms with Gasteiger partial charge in [0.25, 0.3) is 0 Å². The fraction of sp³-hybridized carbons (Fsp3) is 0.333. The number of rotatable bonds is 1. The van der Waals surface area contributed by atoms with Crippen molar-refractivity contribution in [2.45, 2.75) is 20.8 Å². The van der Waals surface area contributed by atoms with E-state index in [1.54, 1.807) is 6.07 Å². The molecule has 1 heterocycles. The molecule has 1 aromatic heterocycles. The number of nitrogens with zero attached hydrogens (tertiary/aromatic N) is 1. The zero-order chi connectivity index (χ0) is 8.43. The van der Waals surface area contributed by atoms with E-state index in [0.717, 1.165) is 11.3 Å². The Balaban J connectivity index is 3.15. The summed E-state index contributed by atoms with van der Waals surface area (Å²) < 4.78 is 0. The van der Waals surface area contributed by atoms with Crippen LogP contribution >= 0.6 is 0 Å². The first-order chi connectivity index (χ1) is 5.11. The minimum atomic E-state index is 0.0214. The Kier molecular flexibility index (Phi) is 2.03. The molecular formula is C9H11NO. The van der Waals surface area contributed by atoms with Gasteiger partial charge in [-0.1, -0.05) is 6.07 Å². The summed E-state index contributed by atoms with van der Waals surface area (Å²) in [6, 6.07) is 3.67. The van der Waals surface area contributed by atoms with Crippen LogP contribution in [0, 0.1) is 13.8 Å². The minimum Gasteiger partial charge on any atom is -0.293 e. The molecule has 0 fully saturated rings. The van der Waals surface area contributed by atoms with E-state index in [9.17, 15) is 4.79 Å². The fourth-order valence-electron chi connectivity index (χ4n) is 0.827. The Morgan fingerprint density at radius 3 is 2.45 bits per heavy atom. The van der Waals surface area contributed by atoms with Crippen LogP contribution in [0.4, 0.5) is 0 Å². The number of aryl methyl sites for hydroxylation is 2. The predicted octanol–water partition coefficient (Wildman–Crippen LogP) is 1.90. The Bertz CT molecular complexity index is 292. The third kappa shape index (κ3) is 1.64. The van der Waals surface area contributed by atoms with Crippen LogP contribution in [0.5, 0.6) is 0 Å². The van der Waals surface area contributed by atoms with Gasteiger partial charge in [0.15, 0.2) is 5.78 Å². The van der Waals surface area contributed by atoms with Crippen molar-refractivity contribution in [1.29, 1.82) is 0 Å². The molecule has 2 heteroatoms. The number of aromatic nitrogens is 1. The first-order valence-electron chi connectivity index (χ1n) is 3.56. The molecule has 0 amide bonds. The first-order valence-corrected chi connectivity index (χ1v) is 3.56. The molecule has 0 bridgehead atoms. The van der Waals surface area contributed by atoms with Crippen molar-refractivity contribution in [2.75, 3.05) is 0 Å². The van der Waals surface area contributed by atoms with Crippen LogP contribution in [0.3, 0.4) is 0 Å². The summed E-state index contributed by atoms with van der Waals surface area (Å²) in [6.45, 7) is 5.41. The Hall–Kier alpha value is -1.18. The fourth-order valence-corrected chi connectivity index (χ4v) is 0.827. The van der Waals surface area contributed by atoms with Crippen LogP contribution in [0.15, 0.2) is 12.1 Å². The highest BCUT2D eigenvalue weighted by Crippen LogP contribution is 2.04. The third-order valence-electron chi connectivity index (χ3n) is 1.71. The summed E-state index contributed by atoms with van der Waals surface area (Å²) in [4.78, 5) is 15.0. The molecule has 0 saturated heterocycles. The van der Waals surface area contributed by atoms with Crippen molar-refractivity contribution >= 4 is 5.78 Å². The van der Waals surface area contributed by atoms with Crippen molar-refractivity contribution in [3.05, 3.63) is 29.1 Å². The van der Waals surface area contributed by atoms with E-state index in [4.69, 9.17) is 0 Å². The van der Waals surface area contributed by atoms with Crippen molar-refractivity contribution in [3.63, 3.8) is 0 Å². The standard InChI is InChI=1S/C9H11NO/c1-6-4-5-9(8(3)11)10-7(6)2/h4-5H,1-3H3. The van der Waals surface area contributed by atoms with Gasteiger partial charge in [-0.3, -0.25) is 4.79 Å². The largest absolute Gasteiger partial charge is 0.293 e. The Morgan fingerprint density at radius 1 is 1.36 bits per heavy atom. The normalized spacial score (nSPS) is 9.73. The van der Waals surface area contributed by atoms with Gasteiger partial charge in [-0.05, 0) is 25.5 Å².